The highest BCUT2D eigenvalue weighted by Crippen LogP contribution is 2.35. The minimum Gasteiger partial charge on any atom is -0.464 e. The topological polar surface area (TPSA) is 54.3 Å². The van der Waals surface area contributed by atoms with Gasteiger partial charge in [0, 0.05) is 10.7 Å². The maximum Gasteiger partial charge on any atom is 0.228 e. The maximum absolute atomic E-state index is 11.5. The molecule has 2 N–H and O–H groups in total. The van der Waals surface area contributed by atoms with Crippen LogP contribution in [0.1, 0.15) is 35.6 Å². The van der Waals surface area contributed by atoms with Crippen LogP contribution in [0.4, 0.5) is 5.69 Å². The SMILES string of the molecule is CCNC(c1ccc(C)o1)c1cc2c(cc1Cl)NC(=O)C2. The van der Waals surface area contributed by atoms with Crippen molar-refractivity contribution in [2.75, 3.05) is 11.9 Å². The molecule has 2 heterocycles. The van der Waals surface area contributed by atoms with Crippen LogP contribution in [0.15, 0.2) is 28.7 Å². The van der Waals surface area contributed by atoms with E-state index in [2.05, 4.69) is 10.6 Å². The fourth-order valence-corrected chi connectivity index (χ4v) is 2.94. The van der Waals surface area contributed by atoms with Crippen LogP contribution in [0.5, 0.6) is 0 Å². The van der Waals surface area contributed by atoms with Crippen LogP contribution in [0.3, 0.4) is 0 Å². The van der Waals surface area contributed by atoms with Crippen molar-refractivity contribution in [2.45, 2.75) is 26.3 Å². The smallest absolute Gasteiger partial charge is 0.228 e. The van der Waals surface area contributed by atoms with Crippen molar-refractivity contribution in [3.8, 4) is 0 Å². The van der Waals surface area contributed by atoms with Gasteiger partial charge in [-0.05, 0) is 48.9 Å². The molecular formula is C16H17ClN2O2. The number of anilines is 1. The summed E-state index contributed by atoms with van der Waals surface area (Å²) in [5, 5.41) is 6.82. The third-order valence-corrected chi connectivity index (χ3v) is 3.94. The third-order valence-electron chi connectivity index (χ3n) is 3.61. The highest BCUT2D eigenvalue weighted by molar-refractivity contribution is 6.32. The van der Waals surface area contributed by atoms with Gasteiger partial charge in [-0.1, -0.05) is 18.5 Å². The molecule has 21 heavy (non-hydrogen) atoms. The molecule has 1 aliphatic rings. The van der Waals surface area contributed by atoms with Gasteiger partial charge in [-0.25, -0.2) is 0 Å². The molecule has 0 bridgehead atoms. The summed E-state index contributed by atoms with van der Waals surface area (Å²) >= 11 is 6.41. The van der Waals surface area contributed by atoms with Crippen LogP contribution < -0.4 is 10.6 Å². The van der Waals surface area contributed by atoms with Gasteiger partial charge in [-0.15, -0.1) is 0 Å². The lowest BCUT2D eigenvalue weighted by molar-refractivity contribution is -0.115. The van der Waals surface area contributed by atoms with Crippen molar-refractivity contribution in [3.05, 3.63) is 51.9 Å². The Kier molecular flexibility index (Phi) is 3.74. The molecule has 2 aromatic rings. The monoisotopic (exact) mass is 304 g/mol. The summed E-state index contributed by atoms with van der Waals surface area (Å²) in [7, 11) is 0. The molecule has 1 unspecified atom stereocenters. The molecule has 5 heteroatoms. The number of hydrogen-bond donors (Lipinski definition) is 2. The molecule has 0 radical (unpaired) electrons. The van der Waals surface area contributed by atoms with Gasteiger partial charge in [0.2, 0.25) is 5.91 Å². The predicted octanol–water partition coefficient (Wildman–Crippen LogP) is 3.43. The lowest BCUT2D eigenvalue weighted by Crippen LogP contribution is -2.22. The molecule has 1 aromatic carbocycles. The lowest BCUT2D eigenvalue weighted by Gasteiger charge is -2.18. The minimum absolute atomic E-state index is 0.00654. The molecule has 1 aliphatic heterocycles. The average Bonchev–Trinajstić information content (AvgIpc) is 3.00. The normalized spacial score (nSPS) is 14.9. The van der Waals surface area contributed by atoms with E-state index in [9.17, 15) is 4.79 Å². The number of rotatable bonds is 4. The number of furan rings is 1. The van der Waals surface area contributed by atoms with Gasteiger partial charge < -0.3 is 15.1 Å². The molecule has 0 fully saturated rings. The van der Waals surface area contributed by atoms with Gasteiger partial charge in [0.1, 0.15) is 11.5 Å². The molecular weight excluding hydrogens is 288 g/mol. The number of aryl methyl sites for hydroxylation is 1. The van der Waals surface area contributed by atoms with Gasteiger partial charge in [-0.2, -0.15) is 0 Å². The summed E-state index contributed by atoms with van der Waals surface area (Å²) in [6.45, 7) is 4.74. The van der Waals surface area contributed by atoms with Gasteiger partial charge >= 0.3 is 0 Å². The third kappa shape index (κ3) is 2.69. The Bertz CT molecular complexity index is 694. The molecule has 110 valence electrons. The molecule has 1 amide bonds. The second kappa shape index (κ2) is 5.54. The standard InChI is InChI=1S/C16H17ClN2O2/c1-3-18-16(14-5-4-9(2)21-14)11-6-10-7-15(20)19-13(10)8-12(11)17/h4-6,8,16,18H,3,7H2,1-2H3,(H,19,20). The molecule has 0 saturated heterocycles. The second-order valence-corrected chi connectivity index (χ2v) is 5.60. The molecule has 1 aromatic heterocycles. The number of carbonyl (C=O) groups excluding carboxylic acids is 1. The number of fused-ring (bicyclic) bond motifs is 1. The van der Waals surface area contributed by atoms with Crippen molar-refractivity contribution in [3.63, 3.8) is 0 Å². The Morgan fingerprint density at radius 1 is 1.43 bits per heavy atom. The summed E-state index contributed by atoms with van der Waals surface area (Å²) in [5.74, 6) is 1.70. The van der Waals surface area contributed by atoms with Crippen molar-refractivity contribution in [1.82, 2.24) is 5.32 Å². The fourth-order valence-electron chi connectivity index (χ4n) is 2.66. The Balaban J connectivity index is 2.04. The van der Waals surface area contributed by atoms with Gasteiger partial charge in [-0.3, -0.25) is 4.79 Å². The van der Waals surface area contributed by atoms with Crippen molar-refractivity contribution < 1.29 is 9.21 Å². The number of halogens is 1. The Morgan fingerprint density at radius 2 is 2.24 bits per heavy atom. The predicted molar refractivity (Wildman–Crippen MR) is 82.8 cm³/mol. The van der Waals surface area contributed by atoms with Gasteiger partial charge in [0.25, 0.3) is 0 Å². The molecule has 0 spiro atoms. The van der Waals surface area contributed by atoms with Gasteiger partial charge in [0.05, 0.1) is 12.5 Å². The summed E-state index contributed by atoms with van der Waals surface area (Å²) in [6, 6.07) is 7.58. The van der Waals surface area contributed by atoms with Crippen LogP contribution in [0, 0.1) is 6.92 Å². The van der Waals surface area contributed by atoms with Crippen LogP contribution in [-0.2, 0) is 11.2 Å². The van der Waals surface area contributed by atoms with E-state index in [1.807, 2.05) is 38.1 Å². The summed E-state index contributed by atoms with van der Waals surface area (Å²) < 4.78 is 5.74. The minimum atomic E-state index is -0.114. The fraction of sp³-hybridized carbons (Fsp3) is 0.312. The molecule has 0 saturated carbocycles. The van der Waals surface area contributed by atoms with E-state index in [1.54, 1.807) is 0 Å². The zero-order valence-corrected chi connectivity index (χ0v) is 12.8. The zero-order chi connectivity index (χ0) is 15.0. The number of nitrogens with one attached hydrogen (secondary N) is 2. The van der Waals surface area contributed by atoms with Gasteiger partial charge in [0.15, 0.2) is 0 Å². The Hall–Kier alpha value is -1.78. The lowest BCUT2D eigenvalue weighted by atomic mass is 10.00. The summed E-state index contributed by atoms with van der Waals surface area (Å²) in [5.41, 5.74) is 2.72. The Labute approximate surface area is 128 Å². The molecule has 0 aliphatic carbocycles. The first kappa shape index (κ1) is 14.2. The largest absolute Gasteiger partial charge is 0.464 e. The van der Waals surface area contributed by atoms with E-state index < -0.39 is 0 Å². The number of carbonyl (C=O) groups is 1. The highest BCUT2D eigenvalue weighted by Gasteiger charge is 2.24. The zero-order valence-electron chi connectivity index (χ0n) is 12.0. The highest BCUT2D eigenvalue weighted by atomic mass is 35.5. The first-order chi connectivity index (χ1) is 10.1. The first-order valence-electron chi connectivity index (χ1n) is 7.00. The van der Waals surface area contributed by atoms with E-state index >= 15 is 0 Å². The van der Waals surface area contributed by atoms with Crippen LogP contribution in [0.25, 0.3) is 0 Å². The molecule has 4 nitrogen and oxygen atoms in total. The van der Waals surface area contributed by atoms with Crippen molar-refractivity contribution >= 4 is 23.2 Å². The molecule has 3 rings (SSSR count). The Morgan fingerprint density at radius 3 is 2.90 bits per heavy atom. The van der Waals surface area contributed by atoms with E-state index in [4.69, 9.17) is 16.0 Å². The van der Waals surface area contributed by atoms with E-state index in [1.165, 1.54) is 0 Å². The summed E-state index contributed by atoms with van der Waals surface area (Å²) in [6.07, 6.45) is 0.398. The maximum atomic E-state index is 11.5. The van der Waals surface area contributed by atoms with Crippen LogP contribution >= 0.6 is 11.6 Å². The molecule has 1 atom stereocenters. The van der Waals surface area contributed by atoms with Crippen LogP contribution in [-0.4, -0.2) is 12.5 Å². The average molecular weight is 305 g/mol. The van der Waals surface area contributed by atoms with Crippen LogP contribution in [0.2, 0.25) is 5.02 Å². The number of amides is 1. The number of benzene rings is 1. The second-order valence-electron chi connectivity index (χ2n) is 5.19. The van der Waals surface area contributed by atoms with Crippen molar-refractivity contribution in [1.29, 1.82) is 0 Å². The quantitative estimate of drug-likeness (QED) is 0.910. The van der Waals surface area contributed by atoms with E-state index in [0.29, 0.717) is 11.4 Å². The van der Waals surface area contributed by atoms with E-state index in [-0.39, 0.29) is 11.9 Å². The van der Waals surface area contributed by atoms with E-state index in [0.717, 1.165) is 34.9 Å². The van der Waals surface area contributed by atoms with Crippen molar-refractivity contribution in [2.24, 2.45) is 0 Å². The first-order valence-corrected chi connectivity index (χ1v) is 7.38. The summed E-state index contributed by atoms with van der Waals surface area (Å²) in [4.78, 5) is 11.5. The number of hydrogen-bond acceptors (Lipinski definition) is 3.